The van der Waals surface area contributed by atoms with Gasteiger partial charge in [0.15, 0.2) is 0 Å². The predicted octanol–water partition coefficient (Wildman–Crippen LogP) is 4.31. The smallest absolute Gasteiger partial charge is 0.261 e. The summed E-state index contributed by atoms with van der Waals surface area (Å²) in [7, 11) is -3.80. The first-order valence-electron chi connectivity index (χ1n) is 8.73. The number of nitrogens with one attached hydrogen (secondary N) is 1. The third-order valence-electron chi connectivity index (χ3n) is 4.57. The monoisotopic (exact) mass is 396 g/mol. The lowest BCUT2D eigenvalue weighted by atomic mass is 10.1. The standard InChI is InChI=1S/C19H22ClFN2O2S/c20-18-14-17(8-9-19(18)21)26(24,25)22-16-6-4-15(5-7-16)10-13-23-11-2-1-3-12-23/h4-9,14,22H,1-3,10-13H2. The van der Waals surface area contributed by atoms with Crippen LogP contribution in [0.4, 0.5) is 10.1 Å². The Labute approximate surface area is 159 Å². The summed E-state index contributed by atoms with van der Waals surface area (Å²) < 4.78 is 40.5. The SMILES string of the molecule is O=S(=O)(Nc1ccc(CCN2CCCCC2)cc1)c1ccc(F)c(Cl)c1. The molecule has 7 heteroatoms. The van der Waals surface area contributed by atoms with E-state index in [0.717, 1.165) is 38.2 Å². The summed E-state index contributed by atoms with van der Waals surface area (Å²) in [6.45, 7) is 3.36. The maximum atomic E-state index is 13.2. The molecule has 1 heterocycles. The molecule has 1 aliphatic heterocycles. The molecule has 26 heavy (non-hydrogen) atoms. The summed E-state index contributed by atoms with van der Waals surface area (Å²) in [5.74, 6) is -0.649. The number of sulfonamides is 1. The van der Waals surface area contributed by atoms with E-state index in [1.807, 2.05) is 12.1 Å². The van der Waals surface area contributed by atoms with E-state index < -0.39 is 15.8 Å². The average Bonchev–Trinajstić information content (AvgIpc) is 2.64. The largest absolute Gasteiger partial charge is 0.303 e. The molecule has 0 aromatic heterocycles. The topological polar surface area (TPSA) is 49.4 Å². The van der Waals surface area contributed by atoms with E-state index in [1.165, 1.54) is 30.9 Å². The van der Waals surface area contributed by atoms with Crippen molar-refractivity contribution in [1.29, 1.82) is 0 Å². The number of hydrogen-bond donors (Lipinski definition) is 1. The van der Waals surface area contributed by atoms with Gasteiger partial charge in [0.05, 0.1) is 9.92 Å². The number of rotatable bonds is 6. The fourth-order valence-electron chi connectivity index (χ4n) is 3.07. The number of hydrogen-bond acceptors (Lipinski definition) is 3. The third kappa shape index (κ3) is 4.96. The molecule has 2 aromatic rings. The Morgan fingerprint density at radius 2 is 1.73 bits per heavy atom. The lowest BCUT2D eigenvalue weighted by molar-refractivity contribution is 0.231. The molecule has 140 valence electrons. The van der Waals surface area contributed by atoms with Gasteiger partial charge in [0.2, 0.25) is 0 Å². The molecule has 1 saturated heterocycles. The lowest BCUT2D eigenvalue weighted by Crippen LogP contribution is -2.31. The van der Waals surface area contributed by atoms with Crippen LogP contribution in [-0.2, 0) is 16.4 Å². The zero-order valence-electron chi connectivity index (χ0n) is 14.4. The van der Waals surface area contributed by atoms with Crippen molar-refractivity contribution < 1.29 is 12.8 Å². The maximum Gasteiger partial charge on any atom is 0.261 e. The van der Waals surface area contributed by atoms with Crippen molar-refractivity contribution in [3.8, 4) is 0 Å². The Kier molecular flexibility index (Phi) is 6.16. The molecular formula is C19H22ClFN2O2S. The van der Waals surface area contributed by atoms with Crippen LogP contribution >= 0.6 is 11.6 Å². The van der Waals surface area contributed by atoms with Gasteiger partial charge in [0, 0.05) is 12.2 Å². The second-order valence-electron chi connectivity index (χ2n) is 6.53. The van der Waals surface area contributed by atoms with Gasteiger partial charge >= 0.3 is 0 Å². The lowest BCUT2D eigenvalue weighted by Gasteiger charge is -2.26. The van der Waals surface area contributed by atoms with Crippen LogP contribution in [-0.4, -0.2) is 33.0 Å². The molecule has 0 saturated carbocycles. The Hall–Kier alpha value is -1.63. The number of piperidine rings is 1. The zero-order chi connectivity index (χ0) is 18.6. The van der Waals surface area contributed by atoms with Crippen molar-refractivity contribution >= 4 is 27.3 Å². The molecule has 1 aliphatic rings. The first-order valence-corrected chi connectivity index (χ1v) is 10.6. The van der Waals surface area contributed by atoms with Crippen molar-refractivity contribution in [2.45, 2.75) is 30.6 Å². The predicted molar refractivity (Wildman–Crippen MR) is 103 cm³/mol. The molecule has 3 rings (SSSR count). The summed E-state index contributed by atoms with van der Waals surface area (Å²) >= 11 is 5.67. The van der Waals surface area contributed by atoms with Crippen LogP contribution in [0.2, 0.25) is 5.02 Å². The molecule has 2 aromatic carbocycles. The molecule has 0 aliphatic carbocycles. The summed E-state index contributed by atoms with van der Waals surface area (Å²) in [6, 6.07) is 10.7. The molecule has 0 unspecified atom stereocenters. The van der Waals surface area contributed by atoms with E-state index in [1.54, 1.807) is 12.1 Å². The highest BCUT2D eigenvalue weighted by molar-refractivity contribution is 7.92. The number of halogens is 2. The Bertz CT molecular complexity index is 850. The molecule has 0 bridgehead atoms. The molecule has 0 radical (unpaired) electrons. The zero-order valence-corrected chi connectivity index (χ0v) is 16.0. The minimum atomic E-state index is -3.80. The minimum absolute atomic E-state index is 0.0712. The summed E-state index contributed by atoms with van der Waals surface area (Å²) in [5, 5.41) is -0.221. The number of anilines is 1. The van der Waals surface area contributed by atoms with E-state index in [9.17, 15) is 12.8 Å². The van der Waals surface area contributed by atoms with E-state index in [2.05, 4.69) is 9.62 Å². The van der Waals surface area contributed by atoms with Gasteiger partial charge in [-0.2, -0.15) is 0 Å². The molecule has 4 nitrogen and oxygen atoms in total. The molecule has 0 spiro atoms. The van der Waals surface area contributed by atoms with Crippen LogP contribution in [0.3, 0.4) is 0 Å². The van der Waals surface area contributed by atoms with Crippen LogP contribution in [0.1, 0.15) is 24.8 Å². The van der Waals surface area contributed by atoms with Crippen molar-refractivity contribution in [3.63, 3.8) is 0 Å². The molecule has 0 amide bonds. The van der Waals surface area contributed by atoms with Crippen molar-refractivity contribution in [3.05, 3.63) is 58.9 Å². The Balaban J connectivity index is 1.61. The highest BCUT2D eigenvalue weighted by Crippen LogP contribution is 2.22. The molecular weight excluding hydrogens is 375 g/mol. The van der Waals surface area contributed by atoms with Gasteiger partial charge in [-0.1, -0.05) is 30.2 Å². The normalized spacial score (nSPS) is 15.8. The highest BCUT2D eigenvalue weighted by Gasteiger charge is 2.16. The van der Waals surface area contributed by atoms with Gasteiger partial charge in [-0.3, -0.25) is 4.72 Å². The van der Waals surface area contributed by atoms with Crippen molar-refractivity contribution in [2.75, 3.05) is 24.4 Å². The number of benzene rings is 2. The van der Waals surface area contributed by atoms with Gasteiger partial charge in [-0.05, 0) is 68.2 Å². The van der Waals surface area contributed by atoms with Crippen LogP contribution in [0.5, 0.6) is 0 Å². The second-order valence-corrected chi connectivity index (χ2v) is 8.62. The highest BCUT2D eigenvalue weighted by atomic mass is 35.5. The van der Waals surface area contributed by atoms with E-state index in [4.69, 9.17) is 11.6 Å². The van der Waals surface area contributed by atoms with Crippen LogP contribution in [0, 0.1) is 5.82 Å². The number of likely N-dealkylation sites (tertiary alicyclic amines) is 1. The summed E-state index contributed by atoms with van der Waals surface area (Å²) in [6.07, 6.45) is 4.81. The average molecular weight is 397 g/mol. The first-order chi connectivity index (χ1) is 12.4. The molecule has 1 fully saturated rings. The van der Waals surface area contributed by atoms with Crippen LogP contribution in [0.25, 0.3) is 0 Å². The first kappa shape index (κ1) is 19.1. The van der Waals surface area contributed by atoms with Crippen molar-refractivity contribution in [2.24, 2.45) is 0 Å². The van der Waals surface area contributed by atoms with Gasteiger partial charge in [0.1, 0.15) is 5.82 Å². The number of nitrogens with zero attached hydrogens (tertiary/aromatic N) is 1. The van der Waals surface area contributed by atoms with Gasteiger partial charge in [-0.25, -0.2) is 12.8 Å². The fraction of sp³-hybridized carbons (Fsp3) is 0.368. The maximum absolute atomic E-state index is 13.2. The van der Waals surface area contributed by atoms with E-state index in [-0.39, 0.29) is 9.92 Å². The quantitative estimate of drug-likeness (QED) is 0.791. The van der Waals surface area contributed by atoms with Crippen molar-refractivity contribution in [1.82, 2.24) is 4.90 Å². The van der Waals surface area contributed by atoms with Gasteiger partial charge < -0.3 is 4.90 Å². The summed E-state index contributed by atoms with van der Waals surface area (Å²) in [4.78, 5) is 2.40. The molecule has 1 N–H and O–H groups in total. The molecule has 0 atom stereocenters. The van der Waals surface area contributed by atoms with E-state index in [0.29, 0.717) is 5.69 Å². The second kappa shape index (κ2) is 8.37. The van der Waals surface area contributed by atoms with E-state index >= 15 is 0 Å². The van der Waals surface area contributed by atoms with Crippen LogP contribution < -0.4 is 4.72 Å². The Morgan fingerprint density at radius 1 is 1.04 bits per heavy atom. The Morgan fingerprint density at radius 3 is 2.38 bits per heavy atom. The fourth-order valence-corrected chi connectivity index (χ4v) is 4.40. The van der Waals surface area contributed by atoms with Crippen LogP contribution in [0.15, 0.2) is 47.4 Å². The summed E-state index contributed by atoms with van der Waals surface area (Å²) in [5.41, 5.74) is 1.63. The van der Waals surface area contributed by atoms with Gasteiger partial charge in [-0.15, -0.1) is 0 Å². The van der Waals surface area contributed by atoms with Gasteiger partial charge in [0.25, 0.3) is 10.0 Å². The minimum Gasteiger partial charge on any atom is -0.303 e. The third-order valence-corrected chi connectivity index (χ3v) is 6.24.